The molecule has 2 rings (SSSR count). The molecule has 0 spiro atoms. The Morgan fingerprint density at radius 2 is 1.85 bits per heavy atom. The third-order valence-corrected chi connectivity index (χ3v) is 4.01. The third kappa shape index (κ3) is 3.67. The fourth-order valence-corrected chi connectivity index (χ4v) is 2.73. The first-order valence-corrected chi connectivity index (χ1v) is 7.64. The Bertz CT molecular complexity index is 791. The highest BCUT2D eigenvalue weighted by Crippen LogP contribution is 2.41. The average molecular weight is 358 g/mol. The summed E-state index contributed by atoms with van der Waals surface area (Å²) in [6.07, 6.45) is -0.353. The Balaban J connectivity index is 2.63. The molecule has 26 heavy (non-hydrogen) atoms. The highest BCUT2D eigenvalue weighted by atomic mass is 16.5. The minimum atomic E-state index is -1.04. The molecule has 0 fully saturated rings. The SMILES string of the molecule is COC(=O)CC1=C(C(=O)OC)C(c2ccc(OC)cc2)C(C#N)C(=N)O1. The van der Waals surface area contributed by atoms with E-state index in [4.69, 9.17) is 19.6 Å². The van der Waals surface area contributed by atoms with Gasteiger partial charge in [-0.2, -0.15) is 5.26 Å². The van der Waals surface area contributed by atoms with Crippen molar-refractivity contribution in [3.05, 3.63) is 41.2 Å². The molecule has 2 unspecified atom stereocenters. The van der Waals surface area contributed by atoms with Crippen LogP contribution in [0, 0.1) is 22.7 Å². The van der Waals surface area contributed by atoms with Gasteiger partial charge in [-0.1, -0.05) is 12.1 Å². The lowest BCUT2D eigenvalue weighted by Crippen LogP contribution is -2.34. The van der Waals surface area contributed by atoms with Crippen LogP contribution in [0.3, 0.4) is 0 Å². The third-order valence-electron chi connectivity index (χ3n) is 4.01. The fraction of sp³-hybridized carbons (Fsp3) is 0.333. The second-order valence-electron chi connectivity index (χ2n) is 5.41. The van der Waals surface area contributed by atoms with Crippen LogP contribution in [0.25, 0.3) is 0 Å². The molecule has 0 aliphatic carbocycles. The number of hydrogen-bond acceptors (Lipinski definition) is 8. The first-order chi connectivity index (χ1) is 12.5. The van der Waals surface area contributed by atoms with Crippen LogP contribution in [0.2, 0.25) is 0 Å². The summed E-state index contributed by atoms with van der Waals surface area (Å²) in [6.45, 7) is 0. The number of nitrogens with zero attached hydrogens (tertiary/aromatic N) is 1. The Labute approximate surface area is 150 Å². The van der Waals surface area contributed by atoms with Crippen molar-refractivity contribution in [2.45, 2.75) is 12.3 Å². The van der Waals surface area contributed by atoms with E-state index in [1.54, 1.807) is 24.3 Å². The van der Waals surface area contributed by atoms with Crippen molar-refractivity contribution in [2.24, 2.45) is 5.92 Å². The zero-order chi connectivity index (χ0) is 19.3. The van der Waals surface area contributed by atoms with Gasteiger partial charge in [0, 0.05) is 5.92 Å². The lowest BCUT2D eigenvalue weighted by atomic mass is 9.78. The normalized spacial score (nSPS) is 19.2. The Morgan fingerprint density at radius 3 is 2.35 bits per heavy atom. The molecule has 2 atom stereocenters. The number of carbonyl (C=O) groups is 2. The minimum absolute atomic E-state index is 0.0191. The lowest BCUT2D eigenvalue weighted by Gasteiger charge is -2.31. The van der Waals surface area contributed by atoms with E-state index in [1.807, 2.05) is 6.07 Å². The molecule has 1 aliphatic rings. The van der Waals surface area contributed by atoms with Crippen LogP contribution in [0.4, 0.5) is 0 Å². The molecule has 0 radical (unpaired) electrons. The molecule has 8 heteroatoms. The number of nitriles is 1. The van der Waals surface area contributed by atoms with Crippen LogP contribution in [0.15, 0.2) is 35.6 Å². The van der Waals surface area contributed by atoms with Gasteiger partial charge >= 0.3 is 11.9 Å². The molecular formula is C18H18N2O6. The first kappa shape index (κ1) is 19.0. The highest BCUT2D eigenvalue weighted by molar-refractivity contribution is 5.97. The minimum Gasteiger partial charge on any atom is -0.497 e. The number of ether oxygens (including phenoxy) is 4. The van der Waals surface area contributed by atoms with E-state index in [-0.39, 0.29) is 23.7 Å². The summed E-state index contributed by atoms with van der Waals surface area (Å²) in [6, 6.07) is 8.72. The van der Waals surface area contributed by atoms with E-state index in [9.17, 15) is 14.9 Å². The summed E-state index contributed by atoms with van der Waals surface area (Å²) < 4.78 is 19.9. The molecule has 0 saturated carbocycles. The molecule has 1 aromatic carbocycles. The zero-order valence-electron chi connectivity index (χ0n) is 14.6. The molecular weight excluding hydrogens is 340 g/mol. The molecule has 1 heterocycles. The largest absolute Gasteiger partial charge is 0.497 e. The van der Waals surface area contributed by atoms with E-state index >= 15 is 0 Å². The van der Waals surface area contributed by atoms with Crippen LogP contribution < -0.4 is 4.74 Å². The van der Waals surface area contributed by atoms with Crippen LogP contribution >= 0.6 is 0 Å². The van der Waals surface area contributed by atoms with Crippen molar-refractivity contribution < 1.29 is 28.5 Å². The van der Waals surface area contributed by atoms with Gasteiger partial charge in [0.25, 0.3) is 0 Å². The standard InChI is InChI=1S/C18H18N2O6/c1-23-11-6-4-10(5-7-11)15-12(9-19)17(20)26-13(8-14(21)24-2)16(15)18(22)25-3/h4-7,12,15,20H,8H2,1-3H3. The number of rotatable bonds is 5. The van der Waals surface area contributed by atoms with Gasteiger partial charge in [0.05, 0.1) is 33.0 Å². The van der Waals surface area contributed by atoms with Gasteiger partial charge in [-0.15, -0.1) is 0 Å². The smallest absolute Gasteiger partial charge is 0.337 e. The van der Waals surface area contributed by atoms with Gasteiger partial charge in [0.2, 0.25) is 5.90 Å². The molecule has 1 N–H and O–H groups in total. The topological polar surface area (TPSA) is 119 Å². The van der Waals surface area contributed by atoms with Crippen LogP contribution in [0.5, 0.6) is 5.75 Å². The quantitative estimate of drug-likeness (QED) is 0.799. The summed E-state index contributed by atoms with van der Waals surface area (Å²) in [4.78, 5) is 24.1. The summed E-state index contributed by atoms with van der Waals surface area (Å²) >= 11 is 0. The van der Waals surface area contributed by atoms with Gasteiger partial charge in [0.1, 0.15) is 23.8 Å². The second kappa shape index (κ2) is 8.16. The molecule has 0 bridgehead atoms. The predicted octanol–water partition coefficient (Wildman–Crippen LogP) is 1.92. The molecule has 0 saturated heterocycles. The maximum Gasteiger partial charge on any atom is 0.337 e. The van der Waals surface area contributed by atoms with Gasteiger partial charge < -0.3 is 18.9 Å². The molecule has 1 aromatic rings. The van der Waals surface area contributed by atoms with Gasteiger partial charge in [-0.25, -0.2) is 4.79 Å². The van der Waals surface area contributed by atoms with E-state index in [0.29, 0.717) is 11.3 Å². The summed E-state index contributed by atoms with van der Waals surface area (Å²) in [5.41, 5.74) is 0.610. The number of carbonyl (C=O) groups excluding carboxylic acids is 2. The van der Waals surface area contributed by atoms with Crippen molar-refractivity contribution >= 4 is 17.8 Å². The van der Waals surface area contributed by atoms with Crippen LogP contribution in [0.1, 0.15) is 17.9 Å². The molecule has 1 aliphatic heterocycles. The highest BCUT2D eigenvalue weighted by Gasteiger charge is 2.42. The number of methoxy groups -OCH3 is 3. The van der Waals surface area contributed by atoms with E-state index < -0.39 is 23.8 Å². The van der Waals surface area contributed by atoms with Gasteiger partial charge in [-0.05, 0) is 17.7 Å². The lowest BCUT2D eigenvalue weighted by molar-refractivity contribution is -0.140. The second-order valence-corrected chi connectivity index (χ2v) is 5.41. The zero-order valence-corrected chi connectivity index (χ0v) is 14.6. The average Bonchev–Trinajstić information content (AvgIpc) is 2.66. The number of benzene rings is 1. The fourth-order valence-electron chi connectivity index (χ4n) is 2.73. The Kier molecular flexibility index (Phi) is 5.96. The maximum atomic E-state index is 12.4. The van der Waals surface area contributed by atoms with Crippen LogP contribution in [-0.2, 0) is 23.8 Å². The number of hydrogen-bond donors (Lipinski definition) is 1. The van der Waals surface area contributed by atoms with Gasteiger partial charge in [-0.3, -0.25) is 10.2 Å². The summed E-state index contributed by atoms with van der Waals surface area (Å²) in [7, 11) is 3.91. The van der Waals surface area contributed by atoms with Crippen molar-refractivity contribution in [1.82, 2.24) is 0 Å². The van der Waals surface area contributed by atoms with E-state index in [2.05, 4.69) is 4.74 Å². The van der Waals surface area contributed by atoms with Crippen molar-refractivity contribution in [3.63, 3.8) is 0 Å². The molecule has 8 nitrogen and oxygen atoms in total. The molecule has 0 amide bonds. The number of nitrogens with one attached hydrogen (secondary N) is 1. The molecule has 0 aromatic heterocycles. The maximum absolute atomic E-state index is 12.4. The van der Waals surface area contributed by atoms with E-state index in [0.717, 1.165) is 0 Å². The Morgan fingerprint density at radius 1 is 1.19 bits per heavy atom. The summed E-state index contributed by atoms with van der Waals surface area (Å²) in [5, 5.41) is 17.5. The molecule has 136 valence electrons. The number of esters is 2. The summed E-state index contributed by atoms with van der Waals surface area (Å²) in [5.74, 6) is -3.04. The first-order valence-electron chi connectivity index (χ1n) is 7.64. The van der Waals surface area contributed by atoms with Crippen molar-refractivity contribution in [2.75, 3.05) is 21.3 Å². The van der Waals surface area contributed by atoms with Crippen molar-refractivity contribution in [1.29, 1.82) is 10.7 Å². The van der Waals surface area contributed by atoms with Gasteiger partial charge in [0.15, 0.2) is 0 Å². The monoisotopic (exact) mass is 358 g/mol. The van der Waals surface area contributed by atoms with Crippen LogP contribution in [-0.4, -0.2) is 39.2 Å². The predicted molar refractivity (Wildman–Crippen MR) is 89.3 cm³/mol. The van der Waals surface area contributed by atoms with E-state index in [1.165, 1.54) is 21.3 Å². The Hall–Kier alpha value is -3.34. The van der Waals surface area contributed by atoms with Crippen molar-refractivity contribution in [3.8, 4) is 11.8 Å².